The second-order valence-corrected chi connectivity index (χ2v) is 13.5. The summed E-state index contributed by atoms with van der Waals surface area (Å²) in [4.78, 5) is 43.5. The number of rotatable bonds is 5. The highest BCUT2D eigenvalue weighted by molar-refractivity contribution is 5.92. The van der Waals surface area contributed by atoms with E-state index in [-0.39, 0.29) is 35.7 Å². The topological polar surface area (TPSA) is 89.3 Å². The van der Waals surface area contributed by atoms with E-state index >= 15 is 0 Å². The molecule has 3 saturated heterocycles. The number of amides is 2. The SMILES string of the molecule is Cc1c(Cc2ccccc2)c(=O)oc2c3c(cc(OCC(=O)N4C[C@H]5C[C@@H](C4)C4CCCC(=O)N4C5)c12)OC(C)(C)CC3. The predicted molar refractivity (Wildman–Crippen MR) is 163 cm³/mol. The van der Waals surface area contributed by atoms with Crippen molar-refractivity contribution in [3.05, 3.63) is 69.1 Å². The number of nitrogens with zero attached hydrogens (tertiary/aromatic N) is 2. The molecule has 1 unspecified atom stereocenters. The van der Waals surface area contributed by atoms with Crippen LogP contribution >= 0.6 is 0 Å². The fourth-order valence-corrected chi connectivity index (χ4v) is 7.84. The molecule has 3 atom stereocenters. The van der Waals surface area contributed by atoms with Crippen LogP contribution in [0.1, 0.15) is 68.2 Å². The molecule has 0 aliphatic carbocycles. The summed E-state index contributed by atoms with van der Waals surface area (Å²) in [6.45, 7) is 7.96. The summed E-state index contributed by atoms with van der Waals surface area (Å²) in [5.41, 5.74) is 3.05. The van der Waals surface area contributed by atoms with Crippen LogP contribution in [0, 0.1) is 18.8 Å². The molecule has 2 amide bonds. The Labute approximate surface area is 251 Å². The van der Waals surface area contributed by atoms with E-state index < -0.39 is 0 Å². The van der Waals surface area contributed by atoms with Gasteiger partial charge in [0, 0.05) is 55.7 Å². The summed E-state index contributed by atoms with van der Waals surface area (Å²) in [5, 5.41) is 0.729. The number of hydrogen-bond acceptors (Lipinski definition) is 6. The lowest BCUT2D eigenvalue weighted by Gasteiger charge is -2.52. The third-order valence-corrected chi connectivity index (χ3v) is 10.0. The fraction of sp³-hybridized carbons (Fsp3) is 0.514. The summed E-state index contributed by atoms with van der Waals surface area (Å²) in [6.07, 6.45) is 5.64. The second kappa shape index (κ2) is 10.7. The molecule has 0 saturated carbocycles. The van der Waals surface area contributed by atoms with Gasteiger partial charge in [-0.3, -0.25) is 9.59 Å². The lowest BCUT2D eigenvalue weighted by molar-refractivity contribution is -0.149. The summed E-state index contributed by atoms with van der Waals surface area (Å²) in [5.74, 6) is 1.97. The Hall–Kier alpha value is -3.81. The Morgan fingerprint density at radius 2 is 1.91 bits per heavy atom. The first-order valence-electron chi connectivity index (χ1n) is 15.7. The normalized spacial score (nSPS) is 24.3. The molecule has 2 aromatic carbocycles. The van der Waals surface area contributed by atoms with Crippen LogP contribution in [0.5, 0.6) is 11.5 Å². The van der Waals surface area contributed by atoms with Gasteiger partial charge in [-0.1, -0.05) is 30.3 Å². The van der Waals surface area contributed by atoms with E-state index in [0.717, 1.165) is 60.7 Å². The molecule has 5 heterocycles. The van der Waals surface area contributed by atoms with Crippen LogP contribution in [0.4, 0.5) is 0 Å². The first-order chi connectivity index (χ1) is 20.7. The molecular weight excluding hydrogens is 544 g/mol. The van der Waals surface area contributed by atoms with Crippen molar-refractivity contribution in [3.63, 3.8) is 0 Å². The number of aryl methyl sites for hydroxylation is 2. The average Bonchev–Trinajstić information content (AvgIpc) is 2.98. The third-order valence-electron chi connectivity index (χ3n) is 10.0. The quantitative estimate of drug-likeness (QED) is 0.391. The Balaban J connectivity index is 1.19. The molecule has 0 radical (unpaired) electrons. The maximum absolute atomic E-state index is 13.6. The van der Waals surface area contributed by atoms with Crippen molar-refractivity contribution in [2.24, 2.45) is 11.8 Å². The first-order valence-corrected chi connectivity index (χ1v) is 15.7. The monoisotopic (exact) mass is 584 g/mol. The van der Waals surface area contributed by atoms with Gasteiger partial charge in [-0.15, -0.1) is 0 Å². The van der Waals surface area contributed by atoms with Gasteiger partial charge in [0.25, 0.3) is 5.91 Å². The number of hydrogen-bond donors (Lipinski definition) is 0. The summed E-state index contributed by atoms with van der Waals surface area (Å²) >= 11 is 0. The van der Waals surface area contributed by atoms with Crippen molar-refractivity contribution in [3.8, 4) is 11.5 Å². The largest absolute Gasteiger partial charge is 0.487 e. The highest BCUT2D eigenvalue weighted by Gasteiger charge is 2.45. The molecule has 0 N–H and O–H groups in total. The van der Waals surface area contributed by atoms with Crippen molar-refractivity contribution >= 4 is 22.8 Å². The van der Waals surface area contributed by atoms with Crippen molar-refractivity contribution in [1.29, 1.82) is 0 Å². The van der Waals surface area contributed by atoms with E-state index in [1.165, 1.54) is 0 Å². The molecule has 226 valence electrons. The van der Waals surface area contributed by atoms with Gasteiger partial charge >= 0.3 is 5.63 Å². The first kappa shape index (κ1) is 28.0. The van der Waals surface area contributed by atoms with Crippen LogP contribution in [0.25, 0.3) is 11.0 Å². The van der Waals surface area contributed by atoms with Crippen molar-refractivity contribution < 1.29 is 23.5 Å². The maximum Gasteiger partial charge on any atom is 0.340 e. The standard InChI is InChI=1S/C35H40N2O6/c1-21-26(15-22-8-5-4-6-9-22)34(40)42-33-25-12-13-35(2,3)43-28(25)16-29(32(21)33)41-20-31(39)36-17-23-14-24(19-36)27-10-7-11-30(38)37(27)18-23/h4-6,8-9,16,23-24,27H,7,10-15,17-20H2,1-3H3/t23-,24+,27?/m1/s1. The Morgan fingerprint density at radius 3 is 2.72 bits per heavy atom. The number of piperidine rings is 3. The molecule has 43 heavy (non-hydrogen) atoms. The predicted octanol–water partition coefficient (Wildman–Crippen LogP) is 5.03. The van der Waals surface area contributed by atoms with Gasteiger partial charge in [-0.05, 0) is 75.8 Å². The number of carbonyl (C=O) groups is 2. The Morgan fingerprint density at radius 1 is 1.09 bits per heavy atom. The minimum absolute atomic E-state index is 0.0584. The minimum atomic E-state index is -0.365. The lowest BCUT2D eigenvalue weighted by atomic mass is 9.76. The zero-order valence-electron chi connectivity index (χ0n) is 25.3. The minimum Gasteiger partial charge on any atom is -0.487 e. The van der Waals surface area contributed by atoms with Gasteiger partial charge in [-0.2, -0.15) is 0 Å². The van der Waals surface area contributed by atoms with E-state index in [0.29, 0.717) is 60.4 Å². The Bertz CT molecular complexity index is 1640. The van der Waals surface area contributed by atoms with Crippen molar-refractivity contribution in [1.82, 2.24) is 9.80 Å². The van der Waals surface area contributed by atoms with Gasteiger partial charge in [0.2, 0.25) is 5.91 Å². The number of ether oxygens (including phenoxy) is 2. The average molecular weight is 585 g/mol. The van der Waals surface area contributed by atoms with E-state index in [1.54, 1.807) is 0 Å². The zero-order chi connectivity index (χ0) is 29.9. The molecule has 3 fully saturated rings. The van der Waals surface area contributed by atoms with Crippen LogP contribution in [-0.2, 0) is 22.4 Å². The van der Waals surface area contributed by atoms with Crippen molar-refractivity contribution in [2.45, 2.75) is 77.4 Å². The molecule has 4 aliphatic heterocycles. The molecule has 7 rings (SSSR count). The summed E-state index contributed by atoms with van der Waals surface area (Å²) in [6, 6.07) is 12.0. The smallest absolute Gasteiger partial charge is 0.340 e. The van der Waals surface area contributed by atoms with E-state index in [9.17, 15) is 14.4 Å². The molecular formula is C35H40N2O6. The molecule has 2 bridgehead atoms. The van der Waals surface area contributed by atoms with Gasteiger partial charge < -0.3 is 23.7 Å². The third kappa shape index (κ3) is 5.19. The van der Waals surface area contributed by atoms with Gasteiger partial charge in [-0.25, -0.2) is 4.79 Å². The molecule has 4 aliphatic rings. The lowest BCUT2D eigenvalue weighted by Crippen LogP contribution is -2.61. The molecule has 3 aromatic rings. The van der Waals surface area contributed by atoms with Gasteiger partial charge in [0.15, 0.2) is 6.61 Å². The van der Waals surface area contributed by atoms with Crippen LogP contribution < -0.4 is 15.1 Å². The van der Waals surface area contributed by atoms with Crippen LogP contribution in [0.15, 0.2) is 45.6 Å². The number of fused-ring (bicyclic) bond motifs is 7. The molecule has 8 nitrogen and oxygen atoms in total. The van der Waals surface area contributed by atoms with E-state index in [1.807, 2.05) is 62.1 Å². The van der Waals surface area contributed by atoms with E-state index in [2.05, 4.69) is 4.90 Å². The summed E-state index contributed by atoms with van der Waals surface area (Å²) in [7, 11) is 0. The number of carbonyl (C=O) groups excluding carboxylic acids is 2. The highest BCUT2D eigenvalue weighted by atomic mass is 16.5. The fourth-order valence-electron chi connectivity index (χ4n) is 7.84. The second-order valence-electron chi connectivity index (χ2n) is 13.5. The zero-order valence-corrected chi connectivity index (χ0v) is 25.3. The van der Waals surface area contributed by atoms with Crippen molar-refractivity contribution in [2.75, 3.05) is 26.2 Å². The molecule has 8 heteroatoms. The number of benzene rings is 2. The van der Waals surface area contributed by atoms with Crippen LogP contribution in [0.2, 0.25) is 0 Å². The van der Waals surface area contributed by atoms with Gasteiger partial charge in [0.1, 0.15) is 22.7 Å². The van der Waals surface area contributed by atoms with Crippen LogP contribution in [-0.4, -0.2) is 59.5 Å². The van der Waals surface area contributed by atoms with E-state index in [4.69, 9.17) is 13.9 Å². The Kier molecular flexibility index (Phi) is 6.98. The maximum atomic E-state index is 13.6. The van der Waals surface area contributed by atoms with Gasteiger partial charge in [0.05, 0.1) is 5.39 Å². The number of likely N-dealkylation sites (tertiary alicyclic amines) is 1. The molecule has 1 aromatic heterocycles. The molecule has 0 spiro atoms. The highest BCUT2D eigenvalue weighted by Crippen LogP contribution is 2.44. The summed E-state index contributed by atoms with van der Waals surface area (Å²) < 4.78 is 18.7. The van der Waals surface area contributed by atoms with Crippen LogP contribution in [0.3, 0.4) is 0 Å².